The highest BCUT2D eigenvalue weighted by molar-refractivity contribution is 7.99. The molecule has 3 nitrogen and oxygen atoms in total. The summed E-state index contributed by atoms with van der Waals surface area (Å²) >= 11 is 11.4. The Bertz CT molecular complexity index is 1040. The molecule has 3 rings (SSSR count). The Morgan fingerprint density at radius 3 is 2.10 bits per heavy atom. The van der Waals surface area contributed by atoms with E-state index in [1.54, 1.807) is 0 Å². The molecule has 1 aliphatic rings. The summed E-state index contributed by atoms with van der Waals surface area (Å²) in [6, 6.07) is 1.89. The van der Waals surface area contributed by atoms with E-state index in [4.69, 9.17) is 28.3 Å². The van der Waals surface area contributed by atoms with E-state index >= 15 is 0 Å². The Balaban J connectivity index is 2.08. The summed E-state index contributed by atoms with van der Waals surface area (Å²) in [6.07, 6.45) is -10.9. The van der Waals surface area contributed by atoms with Gasteiger partial charge in [0.2, 0.25) is 0 Å². The molecular weight excluding hydrogens is 506 g/mol. The van der Waals surface area contributed by atoms with Crippen molar-refractivity contribution in [1.29, 1.82) is 0 Å². The number of thiophene rings is 1. The van der Waals surface area contributed by atoms with Gasteiger partial charge in [-0.05, 0) is 35.7 Å². The predicted octanol–water partition coefficient (Wildman–Crippen LogP) is 7.21. The van der Waals surface area contributed by atoms with E-state index in [1.165, 1.54) is 0 Å². The molecule has 1 N–H and O–H groups in total. The van der Waals surface area contributed by atoms with Crippen LogP contribution < -0.4 is 0 Å². The number of aromatic carboxylic acids is 1. The second-order valence-electron chi connectivity index (χ2n) is 6.04. The summed E-state index contributed by atoms with van der Waals surface area (Å²) in [4.78, 5) is 9.69. The number of benzene rings is 1. The van der Waals surface area contributed by atoms with E-state index in [0.717, 1.165) is 12.1 Å². The van der Waals surface area contributed by atoms with Crippen LogP contribution in [0.15, 0.2) is 22.6 Å². The van der Waals surface area contributed by atoms with Gasteiger partial charge in [0.25, 0.3) is 0 Å². The Morgan fingerprint density at radius 1 is 1.10 bits per heavy atom. The Morgan fingerprint density at radius 2 is 1.67 bits per heavy atom. The number of carboxylic acid groups (broad SMARTS) is 1. The molecule has 0 spiro atoms. The third kappa shape index (κ3) is 3.90. The summed E-state index contributed by atoms with van der Waals surface area (Å²) in [6.45, 7) is 0. The van der Waals surface area contributed by atoms with Crippen LogP contribution in [-0.2, 0) is 10.9 Å². The first-order valence-electron chi connectivity index (χ1n) is 7.59. The van der Waals surface area contributed by atoms with Gasteiger partial charge in [-0.1, -0.05) is 23.2 Å². The van der Waals surface area contributed by atoms with Gasteiger partial charge >= 0.3 is 18.3 Å². The fourth-order valence-corrected chi connectivity index (χ4v) is 5.23. The van der Waals surface area contributed by atoms with E-state index in [2.05, 4.69) is 4.40 Å². The zero-order valence-corrected chi connectivity index (χ0v) is 17.1. The van der Waals surface area contributed by atoms with Crippen molar-refractivity contribution in [2.24, 2.45) is 4.40 Å². The van der Waals surface area contributed by atoms with Crippen LogP contribution in [0.1, 0.15) is 32.1 Å². The molecule has 0 radical (unpaired) electrons. The molecule has 0 fully saturated rings. The predicted molar refractivity (Wildman–Crippen MR) is 99.2 cm³/mol. The Labute approximate surface area is 181 Å². The van der Waals surface area contributed by atoms with Crippen LogP contribution in [0, 0.1) is 5.82 Å². The number of halogens is 9. The maximum Gasteiger partial charge on any atom is 0.418 e. The summed E-state index contributed by atoms with van der Waals surface area (Å²) in [5.74, 6) is -2.99. The maximum atomic E-state index is 14.0. The minimum absolute atomic E-state index is 0.00829. The smallest absolute Gasteiger partial charge is 0.418 e. The van der Waals surface area contributed by atoms with E-state index in [-0.39, 0.29) is 28.2 Å². The van der Waals surface area contributed by atoms with Crippen molar-refractivity contribution in [2.45, 2.75) is 23.5 Å². The van der Waals surface area contributed by atoms with Gasteiger partial charge in [-0.15, -0.1) is 11.3 Å². The Kier molecular flexibility index (Phi) is 5.85. The van der Waals surface area contributed by atoms with Crippen LogP contribution >= 0.6 is 46.5 Å². The van der Waals surface area contributed by atoms with Crippen molar-refractivity contribution in [2.75, 3.05) is 0 Å². The van der Waals surface area contributed by atoms with Gasteiger partial charge in [0.15, 0.2) is 10.6 Å². The van der Waals surface area contributed by atoms with Crippen molar-refractivity contribution in [3.8, 4) is 0 Å². The maximum absolute atomic E-state index is 14.0. The molecule has 0 amide bonds. The first-order chi connectivity index (χ1) is 13.7. The van der Waals surface area contributed by atoms with Crippen molar-refractivity contribution in [3.63, 3.8) is 0 Å². The SMILES string of the molecule is O=C(O)c1sc(C2=NSC(c3cc(Cl)c(F)c(Cl)c3)(C(F)(F)F)C2)cc1C(F)(F)F. The van der Waals surface area contributed by atoms with Crippen molar-refractivity contribution in [3.05, 3.63) is 54.9 Å². The van der Waals surface area contributed by atoms with E-state index in [0.29, 0.717) is 6.07 Å². The molecule has 0 aliphatic carbocycles. The van der Waals surface area contributed by atoms with Crippen LogP contribution in [-0.4, -0.2) is 23.0 Å². The molecule has 0 saturated heterocycles. The molecular formula is C16H6Cl2F7NO2S2. The fraction of sp³-hybridized carbons (Fsp3) is 0.250. The third-order valence-electron chi connectivity index (χ3n) is 4.15. The van der Waals surface area contributed by atoms with Crippen molar-refractivity contribution >= 4 is 58.2 Å². The van der Waals surface area contributed by atoms with Crippen molar-refractivity contribution in [1.82, 2.24) is 0 Å². The molecule has 2 heterocycles. The lowest BCUT2D eigenvalue weighted by atomic mass is 9.91. The van der Waals surface area contributed by atoms with Crippen LogP contribution in [0.25, 0.3) is 0 Å². The van der Waals surface area contributed by atoms with Gasteiger partial charge in [0.05, 0.1) is 26.2 Å². The first-order valence-corrected chi connectivity index (χ1v) is 9.93. The standard InChI is InChI=1S/C16H6Cl2F7NO2S2/c17-7-1-5(2-8(18)11(7)19)14(16(23,24)25)4-9(26-30-14)10-3-6(15(20,21)22)12(29-10)13(27)28/h1-3H,4H2,(H,27,28). The van der Waals surface area contributed by atoms with E-state index in [1.807, 2.05) is 0 Å². The zero-order chi connectivity index (χ0) is 22.6. The number of nitrogens with zero attached hydrogens (tertiary/aromatic N) is 1. The largest absolute Gasteiger partial charge is 0.477 e. The minimum atomic E-state index is -5.02. The lowest BCUT2D eigenvalue weighted by Crippen LogP contribution is -2.38. The summed E-state index contributed by atoms with van der Waals surface area (Å²) in [7, 11) is 0. The van der Waals surface area contributed by atoms with Gasteiger partial charge < -0.3 is 5.11 Å². The summed E-state index contributed by atoms with van der Waals surface area (Å²) in [5.41, 5.74) is -2.42. The number of hydrogen-bond donors (Lipinski definition) is 1. The van der Waals surface area contributed by atoms with E-state index in [9.17, 15) is 35.5 Å². The molecule has 1 aromatic carbocycles. The molecule has 1 aromatic heterocycles. The van der Waals surface area contributed by atoms with Crippen molar-refractivity contribution < 1.29 is 40.6 Å². The van der Waals surface area contributed by atoms with Crippen LogP contribution in [0.4, 0.5) is 30.7 Å². The van der Waals surface area contributed by atoms with Crippen LogP contribution in [0.3, 0.4) is 0 Å². The average molecular weight is 512 g/mol. The van der Waals surface area contributed by atoms with Gasteiger partial charge in [-0.3, -0.25) is 0 Å². The lowest BCUT2D eigenvalue weighted by molar-refractivity contribution is -0.159. The topological polar surface area (TPSA) is 49.7 Å². The van der Waals surface area contributed by atoms with Gasteiger partial charge in [-0.25, -0.2) is 13.6 Å². The molecule has 1 aliphatic heterocycles. The number of carboxylic acids is 1. The number of alkyl halides is 6. The normalized spacial score (nSPS) is 19.8. The zero-order valence-electron chi connectivity index (χ0n) is 14.0. The molecule has 1 atom stereocenters. The average Bonchev–Trinajstić information content (AvgIpc) is 3.23. The molecule has 1 unspecified atom stereocenters. The van der Waals surface area contributed by atoms with Gasteiger partial charge in [0.1, 0.15) is 4.88 Å². The number of hydrogen-bond acceptors (Lipinski definition) is 4. The second kappa shape index (κ2) is 7.57. The third-order valence-corrected chi connectivity index (χ3v) is 7.11. The highest BCUT2D eigenvalue weighted by Gasteiger charge is 2.60. The molecule has 30 heavy (non-hydrogen) atoms. The molecule has 0 saturated carbocycles. The van der Waals surface area contributed by atoms with Gasteiger partial charge in [0, 0.05) is 6.42 Å². The first kappa shape index (κ1) is 23.2. The van der Waals surface area contributed by atoms with Crippen LogP contribution in [0.2, 0.25) is 10.0 Å². The lowest BCUT2D eigenvalue weighted by Gasteiger charge is -2.30. The van der Waals surface area contributed by atoms with Gasteiger partial charge in [-0.2, -0.15) is 26.3 Å². The minimum Gasteiger partial charge on any atom is -0.477 e. The Hall–Kier alpha value is -1.50. The quantitative estimate of drug-likeness (QED) is 0.269. The second-order valence-corrected chi connectivity index (χ2v) is 8.97. The highest BCUT2D eigenvalue weighted by atomic mass is 35.5. The summed E-state index contributed by atoms with van der Waals surface area (Å²) < 4.78 is 95.8. The summed E-state index contributed by atoms with van der Waals surface area (Å²) in [5, 5.41) is 7.67. The molecule has 2 aromatic rings. The molecule has 14 heteroatoms. The fourth-order valence-electron chi connectivity index (χ4n) is 2.73. The number of carbonyl (C=O) groups is 1. The number of rotatable bonds is 3. The molecule has 0 bridgehead atoms. The highest BCUT2D eigenvalue weighted by Crippen LogP contribution is 2.57. The molecule has 162 valence electrons. The van der Waals surface area contributed by atoms with E-state index < -0.39 is 67.1 Å². The monoisotopic (exact) mass is 511 g/mol. The van der Waals surface area contributed by atoms with Crippen LogP contribution in [0.5, 0.6) is 0 Å².